The van der Waals surface area contributed by atoms with Gasteiger partial charge in [0.2, 0.25) is 5.91 Å². The fraction of sp³-hybridized carbons (Fsp3) is 0.462. The minimum absolute atomic E-state index is 0.195. The molecule has 100 valence electrons. The number of nitrogens with two attached hydrogens (primary N) is 1. The molecule has 0 saturated carbocycles. The number of rotatable bonds is 5. The first-order valence-electron chi connectivity index (χ1n) is 5.77. The van der Waals surface area contributed by atoms with Crippen LogP contribution in [0.25, 0.3) is 0 Å². The molecule has 1 amide bonds. The summed E-state index contributed by atoms with van der Waals surface area (Å²) in [5.41, 5.74) is 8.70. The molecule has 0 aliphatic carbocycles. The van der Waals surface area contributed by atoms with Gasteiger partial charge < -0.3 is 15.8 Å². The van der Waals surface area contributed by atoms with Crippen molar-refractivity contribution < 1.29 is 9.53 Å². The molecular formula is C13H19BrN2O2. The van der Waals surface area contributed by atoms with E-state index in [0.29, 0.717) is 13.0 Å². The minimum atomic E-state index is -0.558. The van der Waals surface area contributed by atoms with E-state index < -0.39 is 6.04 Å². The van der Waals surface area contributed by atoms with Crippen molar-refractivity contribution in [3.63, 3.8) is 0 Å². The lowest BCUT2D eigenvalue weighted by Gasteiger charge is -2.15. The molecule has 18 heavy (non-hydrogen) atoms. The number of anilines is 1. The molecule has 1 atom stereocenters. The third-order valence-corrected chi connectivity index (χ3v) is 3.28. The van der Waals surface area contributed by atoms with Gasteiger partial charge in [-0.05, 0) is 53.4 Å². The molecule has 5 heteroatoms. The van der Waals surface area contributed by atoms with E-state index in [1.165, 1.54) is 0 Å². The molecular weight excluding hydrogens is 296 g/mol. The van der Waals surface area contributed by atoms with E-state index in [-0.39, 0.29) is 5.91 Å². The molecule has 0 aliphatic heterocycles. The highest BCUT2D eigenvalue weighted by Gasteiger charge is 2.15. The van der Waals surface area contributed by atoms with Crippen molar-refractivity contribution in [1.29, 1.82) is 0 Å². The zero-order valence-electron chi connectivity index (χ0n) is 10.9. The third kappa shape index (κ3) is 4.08. The molecule has 1 aromatic rings. The summed E-state index contributed by atoms with van der Waals surface area (Å²) in [6.45, 7) is 4.43. The summed E-state index contributed by atoms with van der Waals surface area (Å²) in [4.78, 5) is 11.9. The zero-order valence-corrected chi connectivity index (χ0v) is 12.5. The van der Waals surface area contributed by atoms with Gasteiger partial charge in [0.25, 0.3) is 0 Å². The number of hydrogen-bond acceptors (Lipinski definition) is 3. The largest absolute Gasteiger partial charge is 0.385 e. The van der Waals surface area contributed by atoms with Crippen molar-refractivity contribution in [2.75, 3.05) is 19.0 Å². The number of carbonyl (C=O) groups excluding carboxylic acids is 1. The summed E-state index contributed by atoms with van der Waals surface area (Å²) in [5, 5.41) is 2.85. The van der Waals surface area contributed by atoms with Crippen LogP contribution >= 0.6 is 15.9 Å². The maximum absolute atomic E-state index is 11.9. The molecule has 1 rings (SSSR count). The minimum Gasteiger partial charge on any atom is -0.385 e. The lowest BCUT2D eigenvalue weighted by atomic mass is 10.1. The van der Waals surface area contributed by atoms with Crippen molar-refractivity contribution in [1.82, 2.24) is 0 Å². The molecule has 4 nitrogen and oxygen atoms in total. The van der Waals surface area contributed by atoms with Gasteiger partial charge in [-0.25, -0.2) is 0 Å². The van der Waals surface area contributed by atoms with Crippen molar-refractivity contribution in [2.45, 2.75) is 26.3 Å². The Labute approximate surface area is 116 Å². The number of hydrogen-bond donors (Lipinski definition) is 2. The predicted octanol–water partition coefficient (Wildman–Crippen LogP) is 2.37. The van der Waals surface area contributed by atoms with Crippen LogP contribution in [0.1, 0.15) is 17.5 Å². The van der Waals surface area contributed by atoms with Crippen molar-refractivity contribution in [3.8, 4) is 0 Å². The summed E-state index contributed by atoms with van der Waals surface area (Å²) < 4.78 is 5.77. The number of nitrogens with one attached hydrogen (secondary N) is 1. The van der Waals surface area contributed by atoms with Gasteiger partial charge in [0.15, 0.2) is 0 Å². The lowest BCUT2D eigenvalue weighted by molar-refractivity contribution is -0.117. The molecule has 0 aliphatic rings. The van der Waals surface area contributed by atoms with Crippen LogP contribution in [0, 0.1) is 13.8 Å². The predicted molar refractivity (Wildman–Crippen MR) is 76.7 cm³/mol. The molecule has 0 heterocycles. The van der Waals surface area contributed by atoms with Crippen LogP contribution in [-0.2, 0) is 9.53 Å². The monoisotopic (exact) mass is 314 g/mol. The smallest absolute Gasteiger partial charge is 0.241 e. The van der Waals surface area contributed by atoms with E-state index in [1.54, 1.807) is 7.11 Å². The number of ether oxygens (including phenoxy) is 1. The Morgan fingerprint density at radius 1 is 1.50 bits per heavy atom. The van der Waals surface area contributed by atoms with Crippen LogP contribution in [0.3, 0.4) is 0 Å². The van der Waals surface area contributed by atoms with E-state index in [0.717, 1.165) is 21.3 Å². The zero-order chi connectivity index (χ0) is 13.7. The lowest BCUT2D eigenvalue weighted by Crippen LogP contribution is -2.36. The Bertz CT molecular complexity index is 412. The summed E-state index contributed by atoms with van der Waals surface area (Å²) in [6.07, 6.45) is 0.505. The van der Waals surface area contributed by atoms with Crippen LogP contribution in [0.2, 0.25) is 0 Å². The number of methoxy groups -OCH3 is 1. The average Bonchev–Trinajstić information content (AvgIpc) is 2.30. The van der Waals surface area contributed by atoms with E-state index >= 15 is 0 Å². The molecule has 3 N–H and O–H groups in total. The molecule has 0 radical (unpaired) electrons. The van der Waals surface area contributed by atoms with E-state index in [4.69, 9.17) is 10.5 Å². The maximum Gasteiger partial charge on any atom is 0.241 e. The number of carbonyl (C=O) groups is 1. The van der Waals surface area contributed by atoms with Crippen LogP contribution in [0.4, 0.5) is 5.69 Å². The first-order valence-corrected chi connectivity index (χ1v) is 6.57. The molecule has 0 aromatic heterocycles. The van der Waals surface area contributed by atoms with Crippen LogP contribution in [0.5, 0.6) is 0 Å². The van der Waals surface area contributed by atoms with Crippen LogP contribution < -0.4 is 11.1 Å². The van der Waals surface area contributed by atoms with Gasteiger partial charge >= 0.3 is 0 Å². The normalized spacial score (nSPS) is 12.3. The van der Waals surface area contributed by atoms with Crippen molar-refractivity contribution in [2.24, 2.45) is 5.73 Å². The maximum atomic E-state index is 11.9. The molecule has 1 aromatic carbocycles. The van der Waals surface area contributed by atoms with E-state index in [2.05, 4.69) is 21.2 Å². The second-order valence-electron chi connectivity index (χ2n) is 4.32. The van der Waals surface area contributed by atoms with Gasteiger partial charge in [-0.3, -0.25) is 4.79 Å². The van der Waals surface area contributed by atoms with Crippen molar-refractivity contribution >= 4 is 27.5 Å². The highest BCUT2D eigenvalue weighted by atomic mass is 79.9. The highest BCUT2D eigenvalue weighted by molar-refractivity contribution is 9.10. The first-order chi connectivity index (χ1) is 8.45. The Morgan fingerprint density at radius 2 is 2.17 bits per heavy atom. The number of amides is 1. The summed E-state index contributed by atoms with van der Waals surface area (Å²) in [7, 11) is 1.59. The van der Waals surface area contributed by atoms with Gasteiger partial charge in [0.1, 0.15) is 0 Å². The van der Waals surface area contributed by atoms with Gasteiger partial charge in [-0.2, -0.15) is 0 Å². The molecule has 0 spiro atoms. The molecule has 0 fully saturated rings. The fourth-order valence-corrected chi connectivity index (χ4v) is 2.44. The topological polar surface area (TPSA) is 64.3 Å². The van der Waals surface area contributed by atoms with Crippen molar-refractivity contribution in [3.05, 3.63) is 27.7 Å². The number of benzene rings is 1. The van der Waals surface area contributed by atoms with Gasteiger partial charge in [-0.15, -0.1) is 0 Å². The van der Waals surface area contributed by atoms with E-state index in [9.17, 15) is 4.79 Å². The van der Waals surface area contributed by atoms with Gasteiger partial charge in [0, 0.05) is 18.2 Å². The Kier molecular flexibility index (Phi) is 5.78. The number of halogens is 1. The Balaban J connectivity index is 2.76. The summed E-state index contributed by atoms with van der Waals surface area (Å²) in [6, 6.07) is 3.42. The van der Waals surface area contributed by atoms with Gasteiger partial charge in [0.05, 0.1) is 11.7 Å². The van der Waals surface area contributed by atoms with Crippen LogP contribution in [0.15, 0.2) is 16.6 Å². The molecule has 0 bridgehead atoms. The van der Waals surface area contributed by atoms with Crippen LogP contribution in [-0.4, -0.2) is 25.7 Å². The fourth-order valence-electron chi connectivity index (χ4n) is 1.67. The number of aryl methyl sites for hydroxylation is 2. The third-order valence-electron chi connectivity index (χ3n) is 2.65. The van der Waals surface area contributed by atoms with Gasteiger partial charge in [-0.1, -0.05) is 6.07 Å². The quantitative estimate of drug-likeness (QED) is 0.877. The SMILES string of the molecule is COCCC(N)C(=O)Nc1c(C)cc(C)cc1Br. The molecule has 1 unspecified atom stereocenters. The Morgan fingerprint density at radius 3 is 2.72 bits per heavy atom. The second-order valence-corrected chi connectivity index (χ2v) is 5.17. The Hall–Kier alpha value is -0.910. The average molecular weight is 315 g/mol. The molecule has 0 saturated heterocycles. The highest BCUT2D eigenvalue weighted by Crippen LogP contribution is 2.27. The second kappa shape index (κ2) is 6.87. The van der Waals surface area contributed by atoms with E-state index in [1.807, 2.05) is 26.0 Å². The summed E-state index contributed by atoms with van der Waals surface area (Å²) >= 11 is 3.45. The first kappa shape index (κ1) is 15.1. The summed E-state index contributed by atoms with van der Waals surface area (Å²) in [5.74, 6) is -0.195. The standard InChI is InChI=1S/C13H19BrN2O2/c1-8-6-9(2)12(10(14)7-8)16-13(17)11(15)4-5-18-3/h6-7,11H,4-5,15H2,1-3H3,(H,16,17).